The number of nitrogens with zero attached hydrogens (tertiary/aromatic N) is 3. The van der Waals surface area contributed by atoms with Gasteiger partial charge < -0.3 is 19.8 Å². The summed E-state index contributed by atoms with van der Waals surface area (Å²) >= 11 is 2.78. The van der Waals surface area contributed by atoms with Crippen LogP contribution in [0.25, 0.3) is 10.2 Å². The summed E-state index contributed by atoms with van der Waals surface area (Å²) in [6.45, 7) is 1.12. The van der Waals surface area contributed by atoms with Gasteiger partial charge in [0.05, 0.1) is 15.1 Å². The second-order valence-corrected chi connectivity index (χ2v) is 10.1. The molecule has 0 bridgehead atoms. The molecule has 0 atom stereocenters. The third-order valence-electron chi connectivity index (χ3n) is 5.70. The molecule has 5 rings (SSSR count). The van der Waals surface area contributed by atoms with Crippen LogP contribution in [0.15, 0.2) is 42.5 Å². The van der Waals surface area contributed by atoms with E-state index in [9.17, 15) is 9.59 Å². The lowest BCUT2D eigenvalue weighted by molar-refractivity contribution is 0.102. The fraction of sp³-hybridized carbons (Fsp3) is 0.250. The second kappa shape index (κ2) is 9.98. The van der Waals surface area contributed by atoms with E-state index in [1.165, 1.54) is 22.7 Å². The fourth-order valence-electron chi connectivity index (χ4n) is 4.07. The van der Waals surface area contributed by atoms with Crippen molar-refractivity contribution >= 4 is 55.2 Å². The Hall–Kier alpha value is -3.54. The minimum absolute atomic E-state index is 0.00996. The van der Waals surface area contributed by atoms with Crippen molar-refractivity contribution in [2.45, 2.75) is 25.8 Å². The predicted octanol–water partition coefficient (Wildman–Crippen LogP) is 4.55. The number of para-hydroxylation sites is 1. The van der Waals surface area contributed by atoms with Gasteiger partial charge in [-0.1, -0.05) is 46.9 Å². The van der Waals surface area contributed by atoms with E-state index in [1.54, 1.807) is 6.07 Å². The summed E-state index contributed by atoms with van der Waals surface area (Å²) in [4.78, 5) is 35.9. The maximum atomic E-state index is 13.2. The number of anilines is 2. The first kappa shape index (κ1) is 23.2. The monoisotopic (exact) mass is 510 g/mol. The number of nitrogens with one attached hydrogen (secondary N) is 1. The Kier molecular flexibility index (Phi) is 6.62. The highest BCUT2D eigenvalue weighted by Gasteiger charge is 2.26. The van der Waals surface area contributed by atoms with E-state index in [0.717, 1.165) is 27.8 Å². The number of carboxylic acid groups (broad SMARTS) is 1. The van der Waals surface area contributed by atoms with Gasteiger partial charge in [-0.25, -0.2) is 9.78 Å². The van der Waals surface area contributed by atoms with Gasteiger partial charge in [-0.3, -0.25) is 10.1 Å². The fourth-order valence-corrected chi connectivity index (χ4v) is 5.98. The summed E-state index contributed by atoms with van der Waals surface area (Å²) in [5.41, 5.74) is 3.42. The molecule has 1 aliphatic heterocycles. The van der Waals surface area contributed by atoms with Crippen LogP contribution in [0.2, 0.25) is 0 Å². The van der Waals surface area contributed by atoms with E-state index in [1.807, 2.05) is 41.3 Å². The lowest BCUT2D eigenvalue weighted by Gasteiger charge is -2.29. The zero-order chi connectivity index (χ0) is 24.4. The Morgan fingerprint density at radius 1 is 1.11 bits per heavy atom. The molecule has 180 valence electrons. The smallest absolute Gasteiger partial charge is 0.449 e. The summed E-state index contributed by atoms with van der Waals surface area (Å²) in [5.74, 6) is -0.168. The van der Waals surface area contributed by atoms with E-state index >= 15 is 0 Å². The molecule has 0 unspecified atom stereocenters. The number of rotatable bonds is 7. The van der Waals surface area contributed by atoms with Gasteiger partial charge in [0.25, 0.3) is 5.91 Å². The quantitative estimate of drug-likeness (QED) is 0.309. The molecule has 0 saturated carbocycles. The van der Waals surface area contributed by atoms with Crippen LogP contribution in [0.4, 0.5) is 15.1 Å². The minimum atomic E-state index is -1.43. The maximum Gasteiger partial charge on any atom is 0.512 e. The number of ether oxygens (including phenoxy) is 1. The number of benzene rings is 2. The zero-order valence-electron chi connectivity index (χ0n) is 18.6. The summed E-state index contributed by atoms with van der Waals surface area (Å²) in [7, 11) is 0. The van der Waals surface area contributed by atoms with Crippen molar-refractivity contribution in [3.05, 3.63) is 64.0 Å². The van der Waals surface area contributed by atoms with Crippen molar-refractivity contribution in [1.29, 1.82) is 0 Å². The molecule has 0 spiro atoms. The number of thiazole rings is 2. The second-order valence-electron chi connectivity index (χ2n) is 7.98. The van der Waals surface area contributed by atoms with Crippen LogP contribution in [0, 0.1) is 0 Å². The molecular weight excluding hydrogens is 488 g/mol. The number of carbonyl (C=O) groups excluding carboxylic acids is 1. The normalized spacial score (nSPS) is 13.0. The topological polar surface area (TPSA) is 125 Å². The van der Waals surface area contributed by atoms with Crippen LogP contribution in [-0.4, -0.2) is 45.4 Å². The highest BCUT2D eigenvalue weighted by molar-refractivity contribution is 7.22. The molecule has 1 amide bonds. The number of aliphatic hydroxyl groups is 1. The molecule has 3 N–H and O–H groups in total. The van der Waals surface area contributed by atoms with Crippen molar-refractivity contribution < 1.29 is 24.5 Å². The summed E-state index contributed by atoms with van der Waals surface area (Å²) in [5, 5.41) is 22.3. The molecule has 1 aliphatic rings. The molecule has 0 saturated heterocycles. The van der Waals surface area contributed by atoms with Crippen LogP contribution in [-0.2, 0) is 19.4 Å². The molecule has 0 aliphatic carbocycles. The predicted molar refractivity (Wildman–Crippen MR) is 135 cm³/mol. The Bertz CT molecular complexity index is 1370. The van der Waals surface area contributed by atoms with Crippen molar-refractivity contribution in [2.24, 2.45) is 0 Å². The lowest BCUT2D eigenvalue weighted by Crippen LogP contribution is -2.32. The Balaban J connectivity index is 1.39. The van der Waals surface area contributed by atoms with Gasteiger partial charge >= 0.3 is 6.16 Å². The summed E-state index contributed by atoms with van der Waals surface area (Å²) < 4.78 is 5.88. The molecule has 0 radical (unpaired) electrons. The van der Waals surface area contributed by atoms with Crippen molar-refractivity contribution in [3.8, 4) is 5.88 Å². The van der Waals surface area contributed by atoms with Crippen LogP contribution < -0.4 is 15.0 Å². The minimum Gasteiger partial charge on any atom is -0.449 e. The highest BCUT2D eigenvalue weighted by atomic mass is 32.1. The largest absolute Gasteiger partial charge is 0.512 e. The third kappa shape index (κ3) is 4.97. The Morgan fingerprint density at radius 3 is 2.77 bits per heavy atom. The zero-order valence-corrected chi connectivity index (χ0v) is 20.2. The van der Waals surface area contributed by atoms with Crippen molar-refractivity contribution in [1.82, 2.24) is 9.97 Å². The average Bonchev–Trinajstić information content (AvgIpc) is 3.44. The van der Waals surface area contributed by atoms with E-state index in [2.05, 4.69) is 15.3 Å². The Labute approximate surface area is 208 Å². The SMILES string of the molecule is O=C(O)Oc1nc(N2CCc3cccc(C(=O)Nc4nc5ccccc5s4)c3C2)sc1CCCO. The van der Waals surface area contributed by atoms with Gasteiger partial charge in [-0.15, -0.1) is 0 Å². The maximum absolute atomic E-state index is 13.2. The van der Waals surface area contributed by atoms with Gasteiger partial charge in [0.1, 0.15) is 0 Å². The van der Waals surface area contributed by atoms with Gasteiger partial charge in [-0.2, -0.15) is 4.98 Å². The number of aromatic nitrogens is 2. The van der Waals surface area contributed by atoms with E-state index in [4.69, 9.17) is 14.9 Å². The standard InChI is InChI=1S/C24H22N4O5S2/c29-12-4-9-19-21(33-24(31)32)27-23(35-19)28-11-10-14-5-3-6-15(16(14)13-28)20(30)26-22-25-17-7-1-2-8-18(17)34-22/h1-3,5-8,29H,4,9-13H2,(H,31,32)(H,25,26,30). The van der Waals surface area contributed by atoms with Crippen LogP contribution in [0.3, 0.4) is 0 Å². The molecule has 4 aromatic rings. The number of amides is 1. The Morgan fingerprint density at radius 2 is 1.97 bits per heavy atom. The molecule has 0 fully saturated rings. The van der Waals surface area contributed by atoms with Gasteiger partial charge in [-0.05, 0) is 48.6 Å². The summed E-state index contributed by atoms with van der Waals surface area (Å²) in [6.07, 6.45) is 0.246. The number of hydrogen-bond acceptors (Lipinski definition) is 9. The van der Waals surface area contributed by atoms with Gasteiger partial charge in [0, 0.05) is 25.3 Å². The van der Waals surface area contributed by atoms with E-state index in [-0.39, 0.29) is 18.4 Å². The first-order valence-corrected chi connectivity index (χ1v) is 12.7. The van der Waals surface area contributed by atoms with Crippen LogP contribution >= 0.6 is 22.7 Å². The number of hydrogen-bond donors (Lipinski definition) is 3. The molecule has 3 heterocycles. The number of fused-ring (bicyclic) bond motifs is 2. The van der Waals surface area contributed by atoms with Gasteiger partial charge in [0.2, 0.25) is 5.88 Å². The first-order valence-electron chi connectivity index (χ1n) is 11.1. The molecule has 9 nitrogen and oxygen atoms in total. The average molecular weight is 511 g/mol. The highest BCUT2D eigenvalue weighted by Crippen LogP contribution is 2.36. The van der Waals surface area contributed by atoms with Crippen LogP contribution in [0.5, 0.6) is 5.88 Å². The van der Waals surface area contributed by atoms with E-state index in [0.29, 0.717) is 46.6 Å². The molecule has 2 aromatic heterocycles. The van der Waals surface area contributed by atoms with Crippen molar-refractivity contribution in [2.75, 3.05) is 23.4 Å². The number of carbonyl (C=O) groups is 2. The third-order valence-corrected chi connectivity index (χ3v) is 7.81. The molecule has 35 heavy (non-hydrogen) atoms. The van der Waals surface area contributed by atoms with Crippen LogP contribution in [0.1, 0.15) is 32.8 Å². The molecule has 11 heteroatoms. The number of aryl methyl sites for hydroxylation is 1. The first-order chi connectivity index (χ1) is 17.0. The number of aliphatic hydroxyl groups excluding tert-OH is 1. The summed E-state index contributed by atoms with van der Waals surface area (Å²) in [6, 6.07) is 13.4. The van der Waals surface area contributed by atoms with Crippen molar-refractivity contribution in [3.63, 3.8) is 0 Å². The lowest BCUT2D eigenvalue weighted by atomic mass is 9.94. The van der Waals surface area contributed by atoms with Gasteiger partial charge in [0.15, 0.2) is 10.3 Å². The van der Waals surface area contributed by atoms with E-state index < -0.39 is 6.16 Å². The molecular formula is C24H22N4O5S2. The molecule has 2 aromatic carbocycles.